The lowest BCUT2D eigenvalue weighted by atomic mass is 10.2. The third-order valence-electron chi connectivity index (χ3n) is 2.62. The van der Waals surface area contributed by atoms with Crippen LogP contribution in [0.4, 0.5) is 18.0 Å². The number of amides is 1. The lowest BCUT2D eigenvalue weighted by molar-refractivity contribution is -0.206. The lowest BCUT2D eigenvalue weighted by Crippen LogP contribution is -2.43. The summed E-state index contributed by atoms with van der Waals surface area (Å²) in [5.74, 6) is 0. The van der Waals surface area contributed by atoms with E-state index in [1.54, 1.807) is 30.3 Å². The standard InChI is InChI=1S/C13H16F3NO3/c1-2-17(8-11(18)13(14,15)16)12(19)20-9-10-6-4-3-5-7-10/h3-7,11,18H,2,8-9H2,1H3/t11-/m0/s1. The molecule has 0 aliphatic rings. The Kier molecular flexibility index (Phi) is 5.82. The van der Waals surface area contributed by atoms with Crippen molar-refractivity contribution in [2.24, 2.45) is 0 Å². The van der Waals surface area contributed by atoms with E-state index in [1.807, 2.05) is 0 Å². The fraction of sp³-hybridized carbons (Fsp3) is 0.462. The first-order valence-electron chi connectivity index (χ1n) is 6.05. The Balaban J connectivity index is 2.51. The van der Waals surface area contributed by atoms with E-state index >= 15 is 0 Å². The number of alkyl halides is 3. The van der Waals surface area contributed by atoms with Crippen molar-refractivity contribution in [2.75, 3.05) is 13.1 Å². The Morgan fingerprint density at radius 2 is 1.95 bits per heavy atom. The predicted molar refractivity (Wildman–Crippen MR) is 65.9 cm³/mol. The number of hydrogen-bond donors (Lipinski definition) is 1. The van der Waals surface area contributed by atoms with Gasteiger partial charge in [0.1, 0.15) is 6.61 Å². The zero-order chi connectivity index (χ0) is 15.2. The zero-order valence-electron chi connectivity index (χ0n) is 10.9. The maximum absolute atomic E-state index is 12.2. The van der Waals surface area contributed by atoms with Crippen molar-refractivity contribution in [3.63, 3.8) is 0 Å². The molecular weight excluding hydrogens is 275 g/mol. The van der Waals surface area contributed by atoms with Gasteiger partial charge in [-0.1, -0.05) is 30.3 Å². The number of carbonyl (C=O) groups is 1. The number of halogens is 3. The summed E-state index contributed by atoms with van der Waals surface area (Å²) < 4.78 is 41.6. The second-order valence-electron chi connectivity index (χ2n) is 4.14. The SMILES string of the molecule is CCN(C[C@H](O)C(F)(F)F)C(=O)OCc1ccccc1. The van der Waals surface area contributed by atoms with Crippen LogP contribution >= 0.6 is 0 Å². The summed E-state index contributed by atoms with van der Waals surface area (Å²) >= 11 is 0. The van der Waals surface area contributed by atoms with Crippen molar-refractivity contribution in [1.82, 2.24) is 4.90 Å². The molecule has 7 heteroatoms. The topological polar surface area (TPSA) is 49.8 Å². The van der Waals surface area contributed by atoms with Crippen molar-refractivity contribution < 1.29 is 27.8 Å². The van der Waals surface area contributed by atoms with Gasteiger partial charge in [-0.15, -0.1) is 0 Å². The highest BCUT2D eigenvalue weighted by Gasteiger charge is 2.40. The maximum Gasteiger partial charge on any atom is 0.416 e. The van der Waals surface area contributed by atoms with E-state index in [4.69, 9.17) is 9.84 Å². The number of nitrogens with zero attached hydrogens (tertiary/aromatic N) is 1. The second kappa shape index (κ2) is 7.14. The molecule has 0 aliphatic carbocycles. The van der Waals surface area contributed by atoms with Gasteiger partial charge >= 0.3 is 12.3 Å². The molecule has 0 heterocycles. The molecule has 0 bridgehead atoms. The second-order valence-corrected chi connectivity index (χ2v) is 4.14. The zero-order valence-corrected chi connectivity index (χ0v) is 10.9. The van der Waals surface area contributed by atoms with Gasteiger partial charge < -0.3 is 14.7 Å². The molecule has 0 saturated carbocycles. The van der Waals surface area contributed by atoms with E-state index in [0.717, 1.165) is 10.5 Å². The molecule has 20 heavy (non-hydrogen) atoms. The van der Waals surface area contributed by atoms with Gasteiger partial charge in [0.2, 0.25) is 0 Å². The monoisotopic (exact) mass is 291 g/mol. The molecule has 1 rings (SSSR count). The van der Waals surface area contributed by atoms with Crippen LogP contribution in [-0.4, -0.2) is 41.5 Å². The Morgan fingerprint density at radius 3 is 2.45 bits per heavy atom. The Labute approximate surface area is 114 Å². The summed E-state index contributed by atoms with van der Waals surface area (Å²) in [7, 11) is 0. The molecule has 0 radical (unpaired) electrons. The number of likely N-dealkylation sites (N-methyl/N-ethyl adjacent to an activating group) is 1. The Hall–Kier alpha value is -1.76. The van der Waals surface area contributed by atoms with Crippen molar-refractivity contribution in [3.8, 4) is 0 Å². The number of benzene rings is 1. The maximum atomic E-state index is 12.2. The fourth-order valence-corrected chi connectivity index (χ4v) is 1.46. The number of rotatable bonds is 5. The summed E-state index contributed by atoms with van der Waals surface area (Å²) in [5.41, 5.74) is 0.730. The van der Waals surface area contributed by atoms with E-state index in [0.29, 0.717) is 0 Å². The van der Waals surface area contributed by atoms with Crippen molar-refractivity contribution >= 4 is 6.09 Å². The molecule has 0 fully saturated rings. The van der Waals surface area contributed by atoms with Crippen molar-refractivity contribution in [1.29, 1.82) is 0 Å². The van der Waals surface area contributed by atoms with Crippen LogP contribution in [0.25, 0.3) is 0 Å². The third kappa shape index (κ3) is 5.08. The molecule has 0 unspecified atom stereocenters. The largest absolute Gasteiger partial charge is 0.445 e. The Morgan fingerprint density at radius 1 is 1.35 bits per heavy atom. The number of carbonyl (C=O) groups excluding carboxylic acids is 1. The summed E-state index contributed by atoms with van der Waals surface area (Å²) in [5, 5.41) is 8.95. The van der Waals surface area contributed by atoms with Crippen LogP contribution in [0.5, 0.6) is 0 Å². The normalized spacial score (nSPS) is 12.8. The molecule has 4 nitrogen and oxygen atoms in total. The number of aliphatic hydroxyl groups is 1. The first kappa shape index (κ1) is 16.3. The Bertz CT molecular complexity index is 423. The van der Waals surface area contributed by atoms with Crippen LogP contribution < -0.4 is 0 Å². The smallest absolute Gasteiger partial charge is 0.416 e. The van der Waals surface area contributed by atoms with Crippen molar-refractivity contribution in [2.45, 2.75) is 25.8 Å². The molecule has 1 aromatic rings. The molecule has 0 aromatic heterocycles. The number of hydrogen-bond acceptors (Lipinski definition) is 3. The number of ether oxygens (including phenoxy) is 1. The minimum atomic E-state index is -4.76. The first-order chi connectivity index (χ1) is 9.34. The first-order valence-corrected chi connectivity index (χ1v) is 6.05. The third-order valence-corrected chi connectivity index (χ3v) is 2.62. The van der Waals surface area contributed by atoms with Crippen LogP contribution in [-0.2, 0) is 11.3 Å². The predicted octanol–water partition coefficient (Wildman–Crippen LogP) is 2.57. The van der Waals surface area contributed by atoms with E-state index in [-0.39, 0.29) is 13.2 Å². The molecule has 1 aromatic carbocycles. The fourth-order valence-electron chi connectivity index (χ4n) is 1.46. The van der Waals surface area contributed by atoms with E-state index in [2.05, 4.69) is 0 Å². The van der Waals surface area contributed by atoms with Gasteiger partial charge in [0.15, 0.2) is 6.10 Å². The van der Waals surface area contributed by atoms with E-state index in [9.17, 15) is 18.0 Å². The van der Waals surface area contributed by atoms with Crippen LogP contribution in [0.2, 0.25) is 0 Å². The average Bonchev–Trinajstić information content (AvgIpc) is 2.41. The molecule has 112 valence electrons. The van der Waals surface area contributed by atoms with E-state index in [1.165, 1.54) is 6.92 Å². The number of aliphatic hydroxyl groups excluding tert-OH is 1. The van der Waals surface area contributed by atoms with Gasteiger partial charge in [-0.05, 0) is 12.5 Å². The minimum Gasteiger partial charge on any atom is -0.445 e. The van der Waals surface area contributed by atoms with Gasteiger partial charge in [-0.3, -0.25) is 0 Å². The van der Waals surface area contributed by atoms with E-state index < -0.39 is 24.9 Å². The highest BCUT2D eigenvalue weighted by atomic mass is 19.4. The highest BCUT2D eigenvalue weighted by Crippen LogP contribution is 2.21. The summed E-state index contributed by atoms with van der Waals surface area (Å²) in [6, 6.07) is 8.77. The van der Waals surface area contributed by atoms with Crippen LogP contribution in [0.3, 0.4) is 0 Å². The summed E-state index contributed by atoms with van der Waals surface area (Å²) in [6.45, 7) is 0.652. The minimum absolute atomic E-state index is 0.0146. The summed E-state index contributed by atoms with van der Waals surface area (Å²) in [6.07, 6.45) is -8.22. The molecular formula is C13H16F3NO3. The van der Waals surface area contributed by atoms with Gasteiger partial charge in [-0.25, -0.2) is 4.79 Å². The lowest BCUT2D eigenvalue weighted by Gasteiger charge is -2.24. The van der Waals surface area contributed by atoms with Crippen molar-refractivity contribution in [3.05, 3.63) is 35.9 Å². The summed E-state index contributed by atoms with van der Waals surface area (Å²) in [4.78, 5) is 12.4. The average molecular weight is 291 g/mol. The van der Waals surface area contributed by atoms with Crippen LogP contribution in [0, 0.1) is 0 Å². The molecule has 1 N–H and O–H groups in total. The molecule has 1 atom stereocenters. The quantitative estimate of drug-likeness (QED) is 0.907. The molecule has 1 amide bonds. The highest BCUT2D eigenvalue weighted by molar-refractivity contribution is 5.67. The van der Waals surface area contributed by atoms with Crippen LogP contribution in [0.1, 0.15) is 12.5 Å². The van der Waals surface area contributed by atoms with Gasteiger partial charge in [0.25, 0.3) is 0 Å². The van der Waals surface area contributed by atoms with Gasteiger partial charge in [0, 0.05) is 6.54 Å². The van der Waals surface area contributed by atoms with Gasteiger partial charge in [-0.2, -0.15) is 13.2 Å². The van der Waals surface area contributed by atoms with Crippen LogP contribution in [0.15, 0.2) is 30.3 Å². The molecule has 0 saturated heterocycles. The molecule has 0 aliphatic heterocycles. The molecule has 0 spiro atoms. The van der Waals surface area contributed by atoms with Gasteiger partial charge in [0.05, 0.1) is 6.54 Å².